The lowest BCUT2D eigenvalue weighted by Gasteiger charge is -2.32. The minimum atomic E-state index is -0.182. The zero-order chi connectivity index (χ0) is 27.2. The molecule has 0 radical (unpaired) electrons. The van der Waals surface area contributed by atoms with Gasteiger partial charge in [0.25, 0.3) is 5.91 Å². The molecule has 38 heavy (non-hydrogen) atoms. The van der Waals surface area contributed by atoms with Gasteiger partial charge < -0.3 is 25.8 Å². The van der Waals surface area contributed by atoms with E-state index in [1.54, 1.807) is 6.20 Å². The van der Waals surface area contributed by atoms with Gasteiger partial charge >= 0.3 is 0 Å². The average molecular weight is 524 g/mol. The first-order valence-electron chi connectivity index (χ1n) is 14.8. The average Bonchev–Trinajstić information content (AvgIpc) is 2.95. The smallest absolute Gasteiger partial charge is 0.260 e. The maximum absolute atomic E-state index is 13.2. The molecule has 1 saturated heterocycles. The Bertz CT molecular complexity index is 952. The molecule has 0 bridgehead atoms. The van der Waals surface area contributed by atoms with E-state index >= 15 is 0 Å². The largest absolute Gasteiger partial charge is 0.367 e. The first kappa shape index (κ1) is 29.8. The first-order chi connectivity index (χ1) is 18.6. The molecule has 1 aromatic heterocycles. The van der Waals surface area contributed by atoms with Gasteiger partial charge in [0.2, 0.25) is 5.95 Å². The molecule has 1 aliphatic heterocycles. The van der Waals surface area contributed by atoms with E-state index in [4.69, 9.17) is 0 Å². The summed E-state index contributed by atoms with van der Waals surface area (Å²) >= 11 is 0. The van der Waals surface area contributed by atoms with Crippen molar-refractivity contribution in [2.24, 2.45) is 0 Å². The van der Waals surface area contributed by atoms with Gasteiger partial charge in [-0.15, -0.1) is 0 Å². The van der Waals surface area contributed by atoms with E-state index < -0.39 is 0 Å². The molecule has 0 atom stereocenters. The molecule has 210 valence electrons. The quantitative estimate of drug-likeness (QED) is 0.335. The van der Waals surface area contributed by atoms with E-state index in [0.717, 1.165) is 77.1 Å². The van der Waals surface area contributed by atoms with Crippen LogP contribution in [0.25, 0.3) is 0 Å². The fourth-order valence-electron chi connectivity index (χ4n) is 4.87. The molecule has 0 spiro atoms. The molecule has 1 amide bonds. The van der Waals surface area contributed by atoms with Crippen LogP contribution >= 0.6 is 0 Å². The molecule has 3 N–H and O–H groups in total. The van der Waals surface area contributed by atoms with Gasteiger partial charge in [0, 0.05) is 57.2 Å². The van der Waals surface area contributed by atoms with Gasteiger partial charge in [0.05, 0.1) is 0 Å². The van der Waals surface area contributed by atoms with Gasteiger partial charge in [-0.05, 0) is 50.4 Å². The van der Waals surface area contributed by atoms with Crippen LogP contribution in [0.4, 0.5) is 17.5 Å². The van der Waals surface area contributed by atoms with Crippen molar-refractivity contribution in [3.05, 3.63) is 41.6 Å². The van der Waals surface area contributed by atoms with Crippen LogP contribution in [0.3, 0.4) is 0 Å². The zero-order valence-electron chi connectivity index (χ0n) is 24.1. The Morgan fingerprint density at radius 3 is 2.42 bits per heavy atom. The molecule has 2 aliphatic rings. The van der Waals surface area contributed by atoms with Crippen LogP contribution in [0.5, 0.6) is 0 Å². The number of nitrogens with one attached hydrogen (secondary N) is 3. The minimum Gasteiger partial charge on any atom is -0.367 e. The lowest BCUT2D eigenvalue weighted by atomic mass is 9.95. The van der Waals surface area contributed by atoms with Gasteiger partial charge in [-0.3, -0.25) is 4.79 Å². The maximum atomic E-state index is 13.2. The molecule has 2 fully saturated rings. The highest BCUT2D eigenvalue weighted by Gasteiger charge is 2.20. The fraction of sp³-hybridized carbons (Fsp3) is 0.633. The summed E-state index contributed by atoms with van der Waals surface area (Å²) in [5.41, 5.74) is 2.57. The van der Waals surface area contributed by atoms with Crippen molar-refractivity contribution in [1.82, 2.24) is 19.8 Å². The standard InChI is InChI=1S/C28H43N7O.C2H6/c1-3-4-15-29-28-30-21-25(26(33-28)31-23-8-6-5-7-9-23)27(36)32-24-12-10-22(11-13-24)14-16-35-19-17-34(2)18-20-35;1-2/h10-13,21,23H,3-9,14-20H2,1-2H3,(H,32,36)(H2,29,30,31,33);1-2H3. The SMILES string of the molecule is CC.CCCCNc1ncc(C(=O)Nc2ccc(CCN3CCN(C)CC3)cc2)c(NC2CCCCC2)n1. The van der Waals surface area contributed by atoms with Crippen molar-refractivity contribution in [3.63, 3.8) is 0 Å². The summed E-state index contributed by atoms with van der Waals surface area (Å²) in [5.74, 6) is 1.01. The van der Waals surface area contributed by atoms with E-state index in [1.807, 2.05) is 26.0 Å². The summed E-state index contributed by atoms with van der Waals surface area (Å²) in [6.45, 7) is 12.6. The number of unbranched alkanes of at least 4 members (excludes halogenated alkanes) is 1. The van der Waals surface area contributed by atoms with Crippen molar-refractivity contribution in [2.45, 2.75) is 78.2 Å². The predicted octanol–water partition coefficient (Wildman–Crippen LogP) is 5.50. The van der Waals surface area contributed by atoms with Gasteiger partial charge in [0.15, 0.2) is 0 Å². The number of nitrogens with zero attached hydrogens (tertiary/aromatic N) is 4. The zero-order valence-corrected chi connectivity index (χ0v) is 24.1. The monoisotopic (exact) mass is 523 g/mol. The Labute approximate surface area is 230 Å². The second-order valence-electron chi connectivity index (χ2n) is 10.3. The number of aromatic nitrogens is 2. The van der Waals surface area contributed by atoms with Gasteiger partial charge in [-0.25, -0.2) is 4.98 Å². The van der Waals surface area contributed by atoms with Crippen LogP contribution in [-0.2, 0) is 6.42 Å². The second kappa shape index (κ2) is 16.3. The lowest BCUT2D eigenvalue weighted by molar-refractivity contribution is 0.102. The molecular formula is C30H49N7O. The number of carbonyl (C=O) groups excluding carboxylic acids is 1. The van der Waals surface area contributed by atoms with Crippen LogP contribution in [0.15, 0.2) is 30.5 Å². The molecular weight excluding hydrogens is 474 g/mol. The normalized spacial score (nSPS) is 16.8. The molecule has 1 aromatic carbocycles. The van der Waals surface area contributed by atoms with Crippen LogP contribution < -0.4 is 16.0 Å². The molecule has 1 saturated carbocycles. The van der Waals surface area contributed by atoms with Gasteiger partial charge in [-0.2, -0.15) is 4.98 Å². The van der Waals surface area contributed by atoms with Crippen molar-refractivity contribution in [1.29, 1.82) is 0 Å². The number of benzene rings is 1. The van der Waals surface area contributed by atoms with E-state index in [-0.39, 0.29) is 5.91 Å². The van der Waals surface area contributed by atoms with Crippen LogP contribution in [-0.4, -0.2) is 78.0 Å². The van der Waals surface area contributed by atoms with Crippen LogP contribution in [0.1, 0.15) is 81.6 Å². The predicted molar refractivity (Wildman–Crippen MR) is 159 cm³/mol. The second-order valence-corrected chi connectivity index (χ2v) is 10.3. The van der Waals surface area contributed by atoms with Crippen LogP contribution in [0, 0.1) is 0 Å². The Morgan fingerprint density at radius 2 is 1.74 bits per heavy atom. The number of amides is 1. The summed E-state index contributed by atoms with van der Waals surface area (Å²) in [6, 6.07) is 8.57. The number of anilines is 3. The van der Waals surface area contributed by atoms with Crippen molar-refractivity contribution in [2.75, 3.05) is 62.3 Å². The molecule has 8 heteroatoms. The maximum Gasteiger partial charge on any atom is 0.260 e. The summed E-state index contributed by atoms with van der Waals surface area (Å²) in [4.78, 5) is 27.2. The summed E-state index contributed by atoms with van der Waals surface area (Å²) in [5, 5.41) is 9.88. The van der Waals surface area contributed by atoms with Gasteiger partial charge in [-0.1, -0.05) is 58.6 Å². The highest BCUT2D eigenvalue weighted by atomic mass is 16.1. The Balaban J connectivity index is 0.00000195. The van der Waals surface area contributed by atoms with Gasteiger partial charge in [0.1, 0.15) is 11.4 Å². The van der Waals surface area contributed by atoms with Crippen molar-refractivity contribution >= 4 is 23.4 Å². The third-order valence-corrected chi connectivity index (χ3v) is 7.32. The summed E-state index contributed by atoms with van der Waals surface area (Å²) < 4.78 is 0. The summed E-state index contributed by atoms with van der Waals surface area (Å²) in [6.07, 6.45) is 10.8. The Morgan fingerprint density at radius 1 is 1.03 bits per heavy atom. The number of hydrogen-bond acceptors (Lipinski definition) is 7. The van der Waals surface area contributed by atoms with Crippen molar-refractivity contribution < 1.29 is 4.79 Å². The van der Waals surface area contributed by atoms with E-state index in [1.165, 1.54) is 24.8 Å². The molecule has 4 rings (SSSR count). The summed E-state index contributed by atoms with van der Waals surface area (Å²) in [7, 11) is 2.18. The highest BCUT2D eigenvalue weighted by Crippen LogP contribution is 2.24. The third-order valence-electron chi connectivity index (χ3n) is 7.32. The number of hydrogen-bond donors (Lipinski definition) is 3. The number of piperazine rings is 1. The molecule has 0 unspecified atom stereocenters. The van der Waals surface area contributed by atoms with E-state index in [9.17, 15) is 4.79 Å². The Hall–Kier alpha value is -2.71. The number of likely N-dealkylation sites (N-methyl/N-ethyl adjacent to an activating group) is 1. The first-order valence-corrected chi connectivity index (χ1v) is 14.8. The van der Waals surface area contributed by atoms with E-state index in [0.29, 0.717) is 23.4 Å². The fourth-order valence-corrected chi connectivity index (χ4v) is 4.87. The third kappa shape index (κ3) is 9.55. The Kier molecular flexibility index (Phi) is 12.8. The molecule has 1 aliphatic carbocycles. The van der Waals surface area contributed by atoms with E-state index in [2.05, 4.69) is 61.8 Å². The van der Waals surface area contributed by atoms with Crippen molar-refractivity contribution in [3.8, 4) is 0 Å². The molecule has 2 heterocycles. The topological polar surface area (TPSA) is 85.4 Å². The highest BCUT2D eigenvalue weighted by molar-refractivity contribution is 6.07. The minimum absolute atomic E-state index is 0.182. The number of carbonyl (C=O) groups is 1. The lowest BCUT2D eigenvalue weighted by Crippen LogP contribution is -2.45. The number of rotatable bonds is 11. The molecule has 2 aromatic rings. The molecule has 8 nitrogen and oxygen atoms in total. The van der Waals surface area contributed by atoms with Crippen LogP contribution in [0.2, 0.25) is 0 Å².